The topological polar surface area (TPSA) is 73.3 Å². The van der Waals surface area contributed by atoms with Gasteiger partial charge in [-0.15, -0.1) is 0 Å². The largest absolute Gasteiger partial charge is 0.494 e. The molecule has 5 heteroatoms. The average molecular weight is 261 g/mol. The fourth-order valence-electron chi connectivity index (χ4n) is 1.93. The number of rotatable bonds is 6. The molecule has 1 aromatic carbocycles. The lowest BCUT2D eigenvalue weighted by Crippen LogP contribution is -2.15. The lowest BCUT2D eigenvalue weighted by Gasteiger charge is -2.15. The zero-order valence-electron chi connectivity index (χ0n) is 11.0. The van der Waals surface area contributed by atoms with Crippen LogP contribution in [0.25, 0.3) is 0 Å². The number of aliphatic hydroxyl groups is 1. The molecule has 0 aliphatic rings. The molecule has 0 saturated carbocycles. The molecule has 102 valence electrons. The molecule has 0 fully saturated rings. The van der Waals surface area contributed by atoms with Crippen molar-refractivity contribution in [1.29, 1.82) is 0 Å². The summed E-state index contributed by atoms with van der Waals surface area (Å²) in [5, 5.41) is 9.14. The van der Waals surface area contributed by atoms with Gasteiger partial charge in [0.15, 0.2) is 0 Å². The molecular weight excluding hydrogens is 242 g/mol. The first-order valence-electron chi connectivity index (χ1n) is 6.32. The van der Waals surface area contributed by atoms with Gasteiger partial charge >= 0.3 is 0 Å². The van der Waals surface area contributed by atoms with Crippen LogP contribution in [0.1, 0.15) is 24.1 Å². The van der Waals surface area contributed by atoms with E-state index in [1.807, 2.05) is 35.9 Å². The zero-order chi connectivity index (χ0) is 13.7. The third-order valence-electron chi connectivity index (χ3n) is 2.92. The van der Waals surface area contributed by atoms with Gasteiger partial charge in [0.05, 0.1) is 32.1 Å². The summed E-state index contributed by atoms with van der Waals surface area (Å²) in [4.78, 5) is 4.03. The highest BCUT2D eigenvalue weighted by molar-refractivity contribution is 5.38. The van der Waals surface area contributed by atoms with Crippen molar-refractivity contribution in [1.82, 2.24) is 9.55 Å². The summed E-state index contributed by atoms with van der Waals surface area (Å²) in [6, 6.07) is 5.41. The highest BCUT2D eigenvalue weighted by atomic mass is 16.5. The van der Waals surface area contributed by atoms with Gasteiger partial charge in [-0.2, -0.15) is 0 Å². The maximum atomic E-state index is 9.14. The monoisotopic (exact) mass is 261 g/mol. The third-order valence-corrected chi connectivity index (χ3v) is 2.92. The normalized spacial score (nSPS) is 12.4. The van der Waals surface area contributed by atoms with Gasteiger partial charge in [-0.25, -0.2) is 4.98 Å². The van der Waals surface area contributed by atoms with Crippen LogP contribution in [0.4, 0.5) is 0 Å². The minimum atomic E-state index is -0.364. The third kappa shape index (κ3) is 3.33. The van der Waals surface area contributed by atoms with Gasteiger partial charge in [0, 0.05) is 18.0 Å². The number of hydrogen-bond acceptors (Lipinski definition) is 4. The number of nitrogens with two attached hydrogens (primary N) is 1. The molecule has 0 amide bonds. The first-order valence-corrected chi connectivity index (χ1v) is 6.32. The molecule has 0 aliphatic heterocycles. The van der Waals surface area contributed by atoms with E-state index in [2.05, 4.69) is 4.98 Å². The Kier molecular flexibility index (Phi) is 4.54. The van der Waals surface area contributed by atoms with Crippen molar-refractivity contribution in [3.05, 3.63) is 48.0 Å². The molecule has 1 aromatic heterocycles. The van der Waals surface area contributed by atoms with Gasteiger partial charge in [0.1, 0.15) is 5.75 Å². The molecule has 1 atom stereocenters. The summed E-state index contributed by atoms with van der Waals surface area (Å²) in [6.45, 7) is 3.16. The lowest BCUT2D eigenvalue weighted by molar-refractivity contribution is 0.267. The number of hydrogen-bond donors (Lipinski definition) is 2. The number of aromatic nitrogens is 2. The Balaban J connectivity index is 2.30. The molecule has 19 heavy (non-hydrogen) atoms. The van der Waals surface area contributed by atoms with Crippen LogP contribution in [0.3, 0.4) is 0 Å². The minimum Gasteiger partial charge on any atom is -0.494 e. The Morgan fingerprint density at radius 3 is 2.95 bits per heavy atom. The lowest BCUT2D eigenvalue weighted by atomic mass is 10.0. The smallest absolute Gasteiger partial charge is 0.124 e. The Labute approximate surface area is 112 Å². The summed E-state index contributed by atoms with van der Waals surface area (Å²) < 4.78 is 7.58. The van der Waals surface area contributed by atoms with Crippen molar-refractivity contribution in [3.63, 3.8) is 0 Å². The fourth-order valence-corrected chi connectivity index (χ4v) is 1.93. The maximum Gasteiger partial charge on any atom is 0.124 e. The van der Waals surface area contributed by atoms with E-state index in [0.717, 1.165) is 16.9 Å². The van der Waals surface area contributed by atoms with E-state index in [0.29, 0.717) is 13.2 Å². The molecule has 5 nitrogen and oxygen atoms in total. The van der Waals surface area contributed by atoms with Crippen LogP contribution in [0.2, 0.25) is 0 Å². The summed E-state index contributed by atoms with van der Waals surface area (Å²) in [7, 11) is 0. The van der Waals surface area contributed by atoms with Crippen LogP contribution in [0, 0.1) is 0 Å². The Bertz CT molecular complexity index is 511. The van der Waals surface area contributed by atoms with Gasteiger partial charge in [-0.3, -0.25) is 0 Å². The predicted molar refractivity (Wildman–Crippen MR) is 73.0 cm³/mol. The molecule has 2 rings (SSSR count). The SMILES string of the molecule is CCOc1ccc([C@H](N)CO)cc1Cn1ccnc1. The van der Waals surface area contributed by atoms with Crippen molar-refractivity contribution in [2.24, 2.45) is 5.73 Å². The summed E-state index contributed by atoms with van der Waals surface area (Å²) >= 11 is 0. The molecule has 0 bridgehead atoms. The number of benzene rings is 1. The number of ether oxygens (including phenoxy) is 1. The second kappa shape index (κ2) is 6.36. The van der Waals surface area contributed by atoms with Gasteiger partial charge in [-0.1, -0.05) is 6.07 Å². The standard InChI is InChI=1S/C14H19N3O2/c1-2-19-14-4-3-11(13(15)9-18)7-12(14)8-17-6-5-16-10-17/h3-7,10,13,18H,2,8-9,15H2,1H3/t13-/m1/s1. The van der Waals surface area contributed by atoms with Crippen LogP contribution in [0.5, 0.6) is 5.75 Å². The second-order valence-corrected chi connectivity index (χ2v) is 4.32. The van der Waals surface area contributed by atoms with E-state index in [9.17, 15) is 0 Å². The quantitative estimate of drug-likeness (QED) is 0.822. The van der Waals surface area contributed by atoms with Crippen LogP contribution in [-0.2, 0) is 6.54 Å². The van der Waals surface area contributed by atoms with E-state index in [1.165, 1.54) is 0 Å². The van der Waals surface area contributed by atoms with Crippen molar-refractivity contribution in [2.45, 2.75) is 19.5 Å². The molecule has 0 unspecified atom stereocenters. The summed E-state index contributed by atoms with van der Waals surface area (Å²) in [6.07, 6.45) is 5.40. The minimum absolute atomic E-state index is 0.0709. The van der Waals surface area contributed by atoms with Gasteiger partial charge in [-0.05, 0) is 24.6 Å². The van der Waals surface area contributed by atoms with Crippen molar-refractivity contribution in [3.8, 4) is 5.75 Å². The van der Waals surface area contributed by atoms with Crippen molar-refractivity contribution < 1.29 is 9.84 Å². The van der Waals surface area contributed by atoms with Crippen LogP contribution in [-0.4, -0.2) is 27.9 Å². The number of nitrogens with zero attached hydrogens (tertiary/aromatic N) is 2. The van der Waals surface area contributed by atoms with E-state index in [-0.39, 0.29) is 12.6 Å². The first kappa shape index (κ1) is 13.6. The number of imidazole rings is 1. The zero-order valence-corrected chi connectivity index (χ0v) is 11.0. The molecule has 0 saturated heterocycles. The Hall–Kier alpha value is -1.85. The van der Waals surface area contributed by atoms with E-state index < -0.39 is 0 Å². The molecule has 1 heterocycles. The maximum absolute atomic E-state index is 9.14. The van der Waals surface area contributed by atoms with E-state index >= 15 is 0 Å². The van der Waals surface area contributed by atoms with Crippen molar-refractivity contribution in [2.75, 3.05) is 13.2 Å². The summed E-state index contributed by atoms with van der Waals surface area (Å²) in [5.41, 5.74) is 7.78. The second-order valence-electron chi connectivity index (χ2n) is 4.32. The van der Waals surface area contributed by atoms with Crippen LogP contribution in [0.15, 0.2) is 36.9 Å². The van der Waals surface area contributed by atoms with Gasteiger partial charge in [0.25, 0.3) is 0 Å². The highest BCUT2D eigenvalue weighted by Gasteiger charge is 2.10. The molecule has 0 spiro atoms. The molecule has 2 aromatic rings. The van der Waals surface area contributed by atoms with Crippen LogP contribution < -0.4 is 10.5 Å². The molecule has 0 radical (unpaired) electrons. The molecule has 0 aliphatic carbocycles. The predicted octanol–water partition coefficient (Wildman–Crippen LogP) is 1.32. The first-order chi connectivity index (χ1) is 9.24. The van der Waals surface area contributed by atoms with E-state index in [4.69, 9.17) is 15.6 Å². The van der Waals surface area contributed by atoms with Gasteiger partial charge < -0.3 is 20.1 Å². The number of aliphatic hydroxyl groups excluding tert-OH is 1. The summed E-state index contributed by atoms with van der Waals surface area (Å²) in [5.74, 6) is 0.838. The Morgan fingerprint density at radius 2 is 2.32 bits per heavy atom. The highest BCUT2D eigenvalue weighted by Crippen LogP contribution is 2.24. The van der Waals surface area contributed by atoms with Gasteiger partial charge in [0.2, 0.25) is 0 Å². The van der Waals surface area contributed by atoms with Crippen LogP contribution >= 0.6 is 0 Å². The average Bonchev–Trinajstić information content (AvgIpc) is 2.93. The Morgan fingerprint density at radius 1 is 1.47 bits per heavy atom. The molecular formula is C14H19N3O2. The van der Waals surface area contributed by atoms with E-state index in [1.54, 1.807) is 12.5 Å². The van der Waals surface area contributed by atoms with Crippen molar-refractivity contribution >= 4 is 0 Å². The fraction of sp³-hybridized carbons (Fsp3) is 0.357. The molecule has 3 N–H and O–H groups in total.